The normalized spacial score (nSPS) is 17.7. The first-order valence-corrected chi connectivity index (χ1v) is 8.09. The molecule has 1 aliphatic heterocycles. The summed E-state index contributed by atoms with van der Waals surface area (Å²) in [5, 5.41) is 5.97. The zero-order valence-corrected chi connectivity index (χ0v) is 13.0. The largest absolute Gasteiger partial charge is 0.453 e. The molecule has 2 nitrogen and oxygen atoms in total. The van der Waals surface area contributed by atoms with Crippen LogP contribution >= 0.6 is 0 Å². The van der Waals surface area contributed by atoms with E-state index in [1.807, 2.05) is 0 Å². The van der Waals surface area contributed by atoms with Crippen LogP contribution in [-0.4, -0.2) is 0 Å². The second-order valence-electron chi connectivity index (χ2n) is 6.51. The summed E-state index contributed by atoms with van der Waals surface area (Å²) in [6, 6.07) is 17.0. The van der Waals surface area contributed by atoms with E-state index in [1.165, 1.54) is 21.9 Å². The third kappa shape index (κ3) is 2.02. The Morgan fingerprint density at radius 1 is 0.957 bits per heavy atom. The SMILES string of the molecule is CC1C=Cc2cc3c(cc2C1)Nc1cc2ccccc2cc1O3. The maximum atomic E-state index is 6.18. The molecule has 112 valence electrons. The van der Waals surface area contributed by atoms with Crippen LogP contribution in [0.25, 0.3) is 16.8 Å². The van der Waals surface area contributed by atoms with Gasteiger partial charge in [-0.2, -0.15) is 0 Å². The molecule has 1 unspecified atom stereocenters. The third-order valence-electron chi connectivity index (χ3n) is 4.72. The van der Waals surface area contributed by atoms with E-state index in [4.69, 9.17) is 4.74 Å². The van der Waals surface area contributed by atoms with Gasteiger partial charge in [0.15, 0.2) is 11.5 Å². The lowest BCUT2D eigenvalue weighted by Gasteiger charge is -2.25. The van der Waals surface area contributed by atoms with Crippen LogP contribution in [0, 0.1) is 5.92 Å². The van der Waals surface area contributed by atoms with Crippen LogP contribution in [0.5, 0.6) is 11.5 Å². The lowest BCUT2D eigenvalue weighted by atomic mass is 9.90. The van der Waals surface area contributed by atoms with Crippen LogP contribution in [0.3, 0.4) is 0 Å². The minimum atomic E-state index is 0.598. The highest BCUT2D eigenvalue weighted by atomic mass is 16.5. The standard InChI is InChI=1S/C21H17NO/c1-13-6-7-16-12-21-19(10-17(16)8-13)22-18-9-14-4-2-3-5-15(14)11-20(18)23-21/h2-7,9-13,22H,8H2,1H3. The highest BCUT2D eigenvalue weighted by molar-refractivity contribution is 5.91. The highest BCUT2D eigenvalue weighted by Gasteiger charge is 2.20. The molecule has 23 heavy (non-hydrogen) atoms. The van der Waals surface area contributed by atoms with Crippen molar-refractivity contribution in [2.24, 2.45) is 5.92 Å². The van der Waals surface area contributed by atoms with Gasteiger partial charge in [-0.25, -0.2) is 0 Å². The Morgan fingerprint density at radius 3 is 2.57 bits per heavy atom. The van der Waals surface area contributed by atoms with Crippen molar-refractivity contribution in [1.82, 2.24) is 0 Å². The van der Waals surface area contributed by atoms with Gasteiger partial charge >= 0.3 is 0 Å². The molecule has 0 saturated carbocycles. The van der Waals surface area contributed by atoms with Crippen molar-refractivity contribution >= 4 is 28.2 Å². The first-order valence-electron chi connectivity index (χ1n) is 8.09. The van der Waals surface area contributed by atoms with E-state index >= 15 is 0 Å². The fourth-order valence-electron chi connectivity index (χ4n) is 3.50. The van der Waals surface area contributed by atoms with Gasteiger partial charge in [-0.15, -0.1) is 0 Å². The van der Waals surface area contributed by atoms with Gasteiger partial charge in [0.25, 0.3) is 0 Å². The van der Waals surface area contributed by atoms with Gasteiger partial charge in [0.2, 0.25) is 0 Å². The second kappa shape index (κ2) is 4.63. The molecule has 0 radical (unpaired) electrons. The summed E-state index contributed by atoms with van der Waals surface area (Å²) in [7, 11) is 0. The average Bonchev–Trinajstić information content (AvgIpc) is 2.56. The van der Waals surface area contributed by atoms with Crippen molar-refractivity contribution in [3.05, 3.63) is 65.7 Å². The van der Waals surface area contributed by atoms with Crippen molar-refractivity contribution in [3.8, 4) is 11.5 Å². The summed E-state index contributed by atoms with van der Waals surface area (Å²) in [6.07, 6.45) is 5.57. The predicted octanol–water partition coefficient (Wildman–Crippen LogP) is 5.89. The van der Waals surface area contributed by atoms with Gasteiger partial charge in [0.1, 0.15) is 0 Å². The van der Waals surface area contributed by atoms with Crippen molar-refractivity contribution in [2.75, 3.05) is 5.32 Å². The molecule has 1 heterocycles. The fraction of sp³-hybridized carbons (Fsp3) is 0.143. The van der Waals surface area contributed by atoms with Gasteiger partial charge < -0.3 is 10.1 Å². The number of anilines is 2. The zero-order valence-electron chi connectivity index (χ0n) is 13.0. The van der Waals surface area contributed by atoms with Crippen molar-refractivity contribution < 1.29 is 4.74 Å². The van der Waals surface area contributed by atoms with Crippen molar-refractivity contribution in [2.45, 2.75) is 13.3 Å². The smallest absolute Gasteiger partial charge is 0.151 e. The number of benzene rings is 3. The Kier molecular flexibility index (Phi) is 2.57. The molecular formula is C21H17NO. The van der Waals surface area contributed by atoms with E-state index in [-0.39, 0.29) is 0 Å². The van der Waals surface area contributed by atoms with E-state index in [1.54, 1.807) is 0 Å². The highest BCUT2D eigenvalue weighted by Crippen LogP contribution is 2.45. The zero-order chi connectivity index (χ0) is 15.4. The Balaban J connectivity index is 1.63. The van der Waals surface area contributed by atoms with Gasteiger partial charge in [0.05, 0.1) is 11.4 Å². The topological polar surface area (TPSA) is 21.3 Å². The Bertz CT molecular complexity index is 971. The number of nitrogens with one attached hydrogen (secondary N) is 1. The molecule has 0 bridgehead atoms. The summed E-state index contributed by atoms with van der Waals surface area (Å²) in [6.45, 7) is 2.25. The molecule has 1 atom stereocenters. The van der Waals surface area contributed by atoms with E-state index in [0.717, 1.165) is 29.3 Å². The van der Waals surface area contributed by atoms with Crippen LogP contribution in [0.15, 0.2) is 54.6 Å². The Morgan fingerprint density at radius 2 is 1.70 bits per heavy atom. The summed E-state index contributed by atoms with van der Waals surface area (Å²) >= 11 is 0. The first-order chi connectivity index (χ1) is 11.3. The minimum absolute atomic E-state index is 0.598. The Labute approximate surface area is 135 Å². The summed E-state index contributed by atoms with van der Waals surface area (Å²) in [5.74, 6) is 2.40. The summed E-state index contributed by atoms with van der Waals surface area (Å²) in [4.78, 5) is 0. The molecule has 0 amide bonds. The van der Waals surface area contributed by atoms with Crippen LogP contribution in [0.2, 0.25) is 0 Å². The van der Waals surface area contributed by atoms with Gasteiger partial charge in [-0.1, -0.05) is 43.3 Å². The van der Waals surface area contributed by atoms with Crippen LogP contribution in [0.4, 0.5) is 11.4 Å². The summed E-state index contributed by atoms with van der Waals surface area (Å²) < 4.78 is 6.18. The number of ether oxygens (including phenoxy) is 1. The van der Waals surface area contributed by atoms with Crippen LogP contribution < -0.4 is 10.1 Å². The number of hydrogen-bond donors (Lipinski definition) is 1. The fourth-order valence-corrected chi connectivity index (χ4v) is 3.50. The number of fused-ring (bicyclic) bond motifs is 4. The van der Waals surface area contributed by atoms with E-state index < -0.39 is 0 Å². The molecule has 3 aromatic carbocycles. The monoisotopic (exact) mass is 299 g/mol. The van der Waals surface area contributed by atoms with Crippen LogP contribution in [-0.2, 0) is 6.42 Å². The quantitative estimate of drug-likeness (QED) is 0.437. The maximum Gasteiger partial charge on any atom is 0.151 e. The second-order valence-corrected chi connectivity index (χ2v) is 6.51. The molecule has 1 aliphatic carbocycles. The Hall–Kier alpha value is -2.74. The summed E-state index contributed by atoms with van der Waals surface area (Å²) in [5.41, 5.74) is 4.76. The van der Waals surface area contributed by atoms with E-state index in [9.17, 15) is 0 Å². The first kappa shape index (κ1) is 12.8. The predicted molar refractivity (Wildman–Crippen MR) is 95.6 cm³/mol. The molecule has 2 heteroatoms. The van der Waals surface area contributed by atoms with Gasteiger partial charge in [0, 0.05) is 0 Å². The van der Waals surface area contributed by atoms with Crippen molar-refractivity contribution in [3.63, 3.8) is 0 Å². The molecule has 0 aromatic heterocycles. The third-order valence-corrected chi connectivity index (χ3v) is 4.72. The molecule has 0 saturated heterocycles. The molecule has 0 fully saturated rings. The molecule has 3 aromatic rings. The average molecular weight is 299 g/mol. The minimum Gasteiger partial charge on any atom is -0.453 e. The lowest BCUT2D eigenvalue weighted by Crippen LogP contribution is -2.08. The molecule has 5 rings (SSSR count). The number of allylic oxidation sites excluding steroid dienone is 1. The molecule has 2 aliphatic rings. The number of rotatable bonds is 0. The lowest BCUT2D eigenvalue weighted by molar-refractivity contribution is 0.481. The number of hydrogen-bond acceptors (Lipinski definition) is 2. The molecular weight excluding hydrogens is 282 g/mol. The van der Waals surface area contributed by atoms with Crippen molar-refractivity contribution in [1.29, 1.82) is 0 Å². The van der Waals surface area contributed by atoms with E-state index in [0.29, 0.717) is 5.92 Å². The van der Waals surface area contributed by atoms with Gasteiger partial charge in [-0.05, 0) is 58.5 Å². The maximum absolute atomic E-state index is 6.18. The van der Waals surface area contributed by atoms with Gasteiger partial charge in [-0.3, -0.25) is 0 Å². The molecule has 0 spiro atoms. The molecule has 1 N–H and O–H groups in total. The van der Waals surface area contributed by atoms with Crippen LogP contribution in [0.1, 0.15) is 18.1 Å². The van der Waals surface area contributed by atoms with E-state index in [2.05, 4.69) is 72.9 Å².